The van der Waals surface area contributed by atoms with Crippen LogP contribution in [0.25, 0.3) is 11.0 Å². The number of fused-ring (bicyclic) bond motifs is 1. The molecule has 10 heteroatoms. The maximum Gasteiger partial charge on any atom is 0.499 e. The van der Waals surface area contributed by atoms with Crippen molar-refractivity contribution in [3.8, 4) is 0 Å². The predicted molar refractivity (Wildman–Crippen MR) is 49.6 cm³/mol. The Hall–Kier alpha value is -1.87. The van der Waals surface area contributed by atoms with Crippen LogP contribution in [0.2, 0.25) is 0 Å². The van der Waals surface area contributed by atoms with Crippen molar-refractivity contribution in [3.63, 3.8) is 0 Å². The van der Waals surface area contributed by atoms with Gasteiger partial charge in [0.1, 0.15) is 5.39 Å². The van der Waals surface area contributed by atoms with Crippen LogP contribution in [0.5, 0.6) is 0 Å². The number of halogens is 3. The zero-order valence-electron chi connectivity index (χ0n) is 8.14. The van der Waals surface area contributed by atoms with E-state index in [1.165, 1.54) is 17.9 Å². The molecule has 0 N–H and O–H groups in total. The van der Waals surface area contributed by atoms with E-state index in [-0.39, 0.29) is 11.0 Å². The highest BCUT2D eigenvalue weighted by atomic mass is 19.4. The van der Waals surface area contributed by atoms with E-state index in [9.17, 15) is 17.7 Å². The molecule has 0 atom stereocenters. The Labute approximate surface area is 86.7 Å². The van der Waals surface area contributed by atoms with Crippen molar-refractivity contribution in [2.75, 3.05) is 0 Å². The third kappa shape index (κ3) is 1.77. The second-order valence-electron chi connectivity index (χ2n) is 3.29. The summed E-state index contributed by atoms with van der Waals surface area (Å²) in [5.41, 5.74) is -0.673. The SMILES string of the molecule is Cn1ncc2c(=O)n(C[B-](F)(F)F)nnc21. The molecule has 86 valence electrons. The molecule has 0 spiro atoms. The molecule has 0 saturated carbocycles. The second kappa shape index (κ2) is 3.32. The highest BCUT2D eigenvalue weighted by Crippen LogP contribution is 2.10. The van der Waals surface area contributed by atoms with E-state index in [2.05, 4.69) is 15.4 Å². The molecule has 0 aliphatic heterocycles. The van der Waals surface area contributed by atoms with Crippen molar-refractivity contribution >= 4 is 18.0 Å². The molecule has 0 aliphatic carbocycles. The Bertz CT molecular complexity index is 588. The lowest BCUT2D eigenvalue weighted by Gasteiger charge is -2.13. The summed E-state index contributed by atoms with van der Waals surface area (Å²) in [6.07, 6.45) is -0.219. The van der Waals surface area contributed by atoms with Gasteiger partial charge in [-0.15, -0.1) is 5.10 Å². The molecule has 0 aromatic carbocycles. The Morgan fingerprint density at radius 3 is 2.75 bits per heavy atom. The predicted octanol–water partition coefficient (Wildman–Crippen LogP) is -0.0884. The minimum Gasteiger partial charge on any atom is -0.448 e. The lowest BCUT2D eigenvalue weighted by atomic mass is 9.93. The van der Waals surface area contributed by atoms with Crippen molar-refractivity contribution in [2.45, 2.75) is 6.44 Å². The summed E-state index contributed by atoms with van der Waals surface area (Å²) in [5, 5.41) is 10.5. The fourth-order valence-electron chi connectivity index (χ4n) is 1.29. The molecule has 2 heterocycles. The number of aromatic nitrogens is 5. The number of rotatable bonds is 2. The second-order valence-corrected chi connectivity index (χ2v) is 3.29. The van der Waals surface area contributed by atoms with Gasteiger partial charge in [-0.25, -0.2) is 9.36 Å². The molecular weight excluding hydrogens is 226 g/mol. The third-order valence-corrected chi connectivity index (χ3v) is 2.00. The van der Waals surface area contributed by atoms with Crippen molar-refractivity contribution in [1.82, 2.24) is 24.8 Å². The molecule has 0 aliphatic rings. The Balaban J connectivity index is 2.58. The molecule has 0 unspecified atom stereocenters. The van der Waals surface area contributed by atoms with Crippen LogP contribution in [-0.4, -0.2) is 31.8 Å². The number of hydrogen-bond donors (Lipinski definition) is 0. The van der Waals surface area contributed by atoms with Gasteiger partial charge in [-0.3, -0.25) is 4.79 Å². The smallest absolute Gasteiger partial charge is 0.448 e. The quantitative estimate of drug-likeness (QED) is 0.678. The molecule has 6 nitrogen and oxygen atoms in total. The zero-order chi connectivity index (χ0) is 11.9. The largest absolute Gasteiger partial charge is 0.499 e. The van der Waals surface area contributed by atoms with Gasteiger partial charge < -0.3 is 12.9 Å². The van der Waals surface area contributed by atoms with E-state index in [0.717, 1.165) is 0 Å². The van der Waals surface area contributed by atoms with Gasteiger partial charge in [0.05, 0.1) is 6.20 Å². The first-order valence-electron chi connectivity index (χ1n) is 4.35. The first kappa shape index (κ1) is 10.6. The first-order chi connectivity index (χ1) is 7.38. The molecular formula is C6H6BF3N5O-. The van der Waals surface area contributed by atoms with Crippen molar-refractivity contribution in [3.05, 3.63) is 16.6 Å². The molecule has 2 rings (SSSR count). The molecule has 16 heavy (non-hydrogen) atoms. The summed E-state index contributed by atoms with van der Waals surface area (Å²) in [7, 11) is 1.52. The van der Waals surface area contributed by atoms with Gasteiger partial charge in [-0.1, -0.05) is 5.21 Å². The monoisotopic (exact) mass is 232 g/mol. The fourth-order valence-corrected chi connectivity index (χ4v) is 1.29. The molecule has 0 radical (unpaired) electrons. The van der Waals surface area contributed by atoms with Crippen LogP contribution in [0, 0.1) is 0 Å². The third-order valence-electron chi connectivity index (χ3n) is 2.00. The standard InChI is InChI=1S/C6H6BF3N5O/c1-14-5-4(2-11-14)6(16)15(13-12-5)3-7(8,9)10/h2H,3H2,1H3/q-1. The van der Waals surface area contributed by atoms with Crippen LogP contribution in [-0.2, 0) is 13.5 Å². The van der Waals surface area contributed by atoms with Crippen LogP contribution in [0.3, 0.4) is 0 Å². The fraction of sp³-hybridized carbons (Fsp3) is 0.333. The van der Waals surface area contributed by atoms with Crippen LogP contribution in [0.15, 0.2) is 11.0 Å². The van der Waals surface area contributed by atoms with Crippen LogP contribution in [0.4, 0.5) is 12.9 Å². The maximum atomic E-state index is 12.1. The van der Waals surface area contributed by atoms with E-state index < -0.39 is 19.0 Å². The summed E-state index contributed by atoms with van der Waals surface area (Å²) < 4.78 is 38.0. The zero-order valence-corrected chi connectivity index (χ0v) is 8.14. The van der Waals surface area contributed by atoms with Gasteiger partial charge in [0.2, 0.25) is 0 Å². The van der Waals surface area contributed by atoms with E-state index in [0.29, 0.717) is 4.68 Å². The summed E-state index contributed by atoms with van der Waals surface area (Å²) in [6, 6.07) is 0. The normalized spacial score (nSPS) is 12.2. The summed E-state index contributed by atoms with van der Waals surface area (Å²) >= 11 is 0. The van der Waals surface area contributed by atoms with Gasteiger partial charge in [0.25, 0.3) is 5.56 Å². The molecule has 2 aromatic heterocycles. The first-order valence-corrected chi connectivity index (χ1v) is 4.35. The maximum absolute atomic E-state index is 12.1. The average Bonchev–Trinajstić information content (AvgIpc) is 2.52. The van der Waals surface area contributed by atoms with E-state index in [1.807, 2.05) is 0 Å². The summed E-state index contributed by atoms with van der Waals surface area (Å²) in [4.78, 5) is 11.5. The van der Waals surface area contributed by atoms with Crippen LogP contribution < -0.4 is 5.56 Å². The minimum absolute atomic E-state index is 0.0255. The molecule has 0 amide bonds. The topological polar surface area (TPSA) is 65.6 Å². The van der Waals surface area contributed by atoms with Gasteiger partial charge in [-0.2, -0.15) is 5.10 Å². The van der Waals surface area contributed by atoms with Gasteiger partial charge in [0.15, 0.2) is 5.65 Å². The van der Waals surface area contributed by atoms with E-state index in [1.54, 1.807) is 0 Å². The summed E-state index contributed by atoms with van der Waals surface area (Å²) in [5.74, 6) is 0. The van der Waals surface area contributed by atoms with E-state index in [4.69, 9.17) is 0 Å². The summed E-state index contributed by atoms with van der Waals surface area (Å²) in [6.45, 7) is -5.12. The number of nitrogens with zero attached hydrogens (tertiary/aromatic N) is 5. The van der Waals surface area contributed by atoms with E-state index >= 15 is 0 Å². The lowest BCUT2D eigenvalue weighted by molar-refractivity contribution is 0.425. The van der Waals surface area contributed by atoms with Gasteiger partial charge in [0, 0.05) is 13.5 Å². The Kier molecular flexibility index (Phi) is 2.21. The molecule has 0 fully saturated rings. The molecule has 0 bridgehead atoms. The average molecular weight is 232 g/mol. The highest BCUT2D eigenvalue weighted by Gasteiger charge is 2.25. The Morgan fingerprint density at radius 1 is 1.44 bits per heavy atom. The van der Waals surface area contributed by atoms with Crippen LogP contribution in [0.1, 0.15) is 0 Å². The molecule has 0 saturated heterocycles. The van der Waals surface area contributed by atoms with Crippen LogP contribution >= 0.6 is 0 Å². The van der Waals surface area contributed by atoms with Crippen molar-refractivity contribution in [2.24, 2.45) is 7.05 Å². The number of aryl methyl sites for hydroxylation is 1. The Morgan fingerprint density at radius 2 is 2.12 bits per heavy atom. The van der Waals surface area contributed by atoms with Crippen molar-refractivity contribution in [1.29, 1.82) is 0 Å². The lowest BCUT2D eigenvalue weighted by Crippen LogP contribution is -2.34. The minimum atomic E-state index is -5.12. The molecule has 2 aromatic rings. The van der Waals surface area contributed by atoms with Crippen molar-refractivity contribution < 1.29 is 12.9 Å². The van der Waals surface area contributed by atoms with Gasteiger partial charge in [-0.05, 0) is 0 Å². The highest BCUT2D eigenvalue weighted by molar-refractivity contribution is 6.57. The number of hydrogen-bond acceptors (Lipinski definition) is 4. The van der Waals surface area contributed by atoms with Gasteiger partial charge >= 0.3 is 6.98 Å².